The minimum atomic E-state index is -0.468. The first-order valence-corrected chi connectivity index (χ1v) is 8.33. The number of hydrogen-bond donors (Lipinski definition) is 2. The van der Waals surface area contributed by atoms with Crippen LogP contribution in [0.1, 0.15) is 0 Å². The predicted octanol–water partition coefficient (Wildman–Crippen LogP) is 5.30. The van der Waals surface area contributed by atoms with Crippen LogP contribution in [-0.4, -0.2) is 4.92 Å². The minimum Gasteiger partial charge on any atom is -0.393 e. The average Bonchev–Trinajstić information content (AvgIpc) is 2.58. The first-order valence-electron chi connectivity index (χ1n) is 7.07. The van der Waals surface area contributed by atoms with E-state index in [9.17, 15) is 10.1 Å². The maximum atomic E-state index is 10.7. The van der Waals surface area contributed by atoms with E-state index in [4.69, 9.17) is 5.73 Å². The molecule has 0 heterocycles. The quantitative estimate of drug-likeness (QED) is 0.289. The molecule has 3 aromatic rings. The molecule has 3 rings (SSSR count). The molecule has 0 unspecified atom stereocenters. The van der Waals surface area contributed by atoms with E-state index in [0.29, 0.717) is 0 Å². The molecule has 0 aliphatic rings. The molecule has 0 atom stereocenters. The van der Waals surface area contributed by atoms with Crippen molar-refractivity contribution >= 4 is 35.8 Å². The van der Waals surface area contributed by atoms with E-state index in [0.717, 1.165) is 14.7 Å². The van der Waals surface area contributed by atoms with E-state index in [1.165, 1.54) is 17.8 Å². The summed E-state index contributed by atoms with van der Waals surface area (Å²) in [6.07, 6.45) is 0. The lowest BCUT2D eigenvalue weighted by atomic mass is 10.3. The summed E-state index contributed by atoms with van der Waals surface area (Å²) in [5, 5.41) is 10.7. The van der Waals surface area contributed by atoms with Gasteiger partial charge in [-0.3, -0.25) is 10.1 Å². The van der Waals surface area contributed by atoms with Gasteiger partial charge < -0.3 is 5.73 Å². The molecule has 0 amide bonds. The molecule has 0 bridgehead atoms. The summed E-state index contributed by atoms with van der Waals surface area (Å²) < 4.78 is 0. The highest BCUT2D eigenvalue weighted by Crippen LogP contribution is 2.32. The fraction of sp³-hybridized carbons (Fsp3) is 0. The van der Waals surface area contributed by atoms with Crippen molar-refractivity contribution in [3.05, 3.63) is 89.0 Å². The van der Waals surface area contributed by atoms with Crippen molar-refractivity contribution in [3.63, 3.8) is 0 Å². The van der Waals surface area contributed by atoms with Crippen molar-refractivity contribution in [1.29, 1.82) is 0 Å². The molecule has 0 aliphatic carbocycles. The summed E-state index contributed by atoms with van der Waals surface area (Å²) in [5.74, 6) is 0. The Hall–Kier alpha value is -2.44. The number of benzene rings is 3. The van der Waals surface area contributed by atoms with Crippen molar-refractivity contribution < 1.29 is 4.92 Å². The van der Waals surface area contributed by atoms with E-state index in [2.05, 4.69) is 12.6 Å². The number of anilines is 1. The zero-order valence-electron chi connectivity index (χ0n) is 12.7. The molecular weight excluding hydrogens is 340 g/mol. The first-order chi connectivity index (χ1) is 11.6. The largest absolute Gasteiger partial charge is 0.393 e. The smallest absolute Gasteiger partial charge is 0.293 e. The Balaban J connectivity index is 0.000000249. The van der Waals surface area contributed by atoms with Gasteiger partial charge in [0.25, 0.3) is 5.69 Å². The molecule has 0 aliphatic heterocycles. The molecule has 2 N–H and O–H groups in total. The van der Waals surface area contributed by atoms with Gasteiger partial charge in [-0.15, -0.1) is 12.6 Å². The summed E-state index contributed by atoms with van der Waals surface area (Å²) in [5.41, 5.74) is 5.67. The van der Waals surface area contributed by atoms with Crippen LogP contribution in [0.2, 0.25) is 0 Å². The number of nitrogens with zero attached hydrogens (tertiary/aromatic N) is 1. The number of rotatable bonds is 3. The maximum Gasteiger partial charge on any atom is 0.293 e. The van der Waals surface area contributed by atoms with Crippen LogP contribution in [0.3, 0.4) is 0 Å². The molecule has 0 spiro atoms. The third-order valence-corrected chi connectivity index (χ3v) is 4.23. The maximum absolute atomic E-state index is 10.7. The third-order valence-electron chi connectivity index (χ3n) is 2.93. The molecule has 3 aromatic carbocycles. The number of nitro benzene ring substituents is 1. The molecule has 4 nitrogen and oxygen atoms in total. The van der Waals surface area contributed by atoms with Gasteiger partial charge in [-0.25, -0.2) is 0 Å². The highest BCUT2D eigenvalue weighted by Gasteiger charge is 2.12. The standard InChI is InChI=1S/C12H10N2O2S.C6H6S/c13-11-7-6-10(8-12(11)14(15)16)17-9-4-2-1-3-5-9;7-6-4-2-1-3-5-6/h1-8H,13H2;1-5,7H. The van der Waals surface area contributed by atoms with E-state index < -0.39 is 4.92 Å². The van der Waals surface area contributed by atoms with Crippen molar-refractivity contribution in [1.82, 2.24) is 0 Å². The lowest BCUT2D eigenvalue weighted by Gasteiger charge is -2.02. The van der Waals surface area contributed by atoms with Crippen LogP contribution < -0.4 is 5.73 Å². The molecule has 122 valence electrons. The zero-order valence-corrected chi connectivity index (χ0v) is 14.4. The Kier molecular flexibility index (Phi) is 6.72. The Morgan fingerprint density at radius 1 is 0.875 bits per heavy atom. The number of nitro groups is 1. The number of nitrogen functional groups attached to an aromatic ring is 1. The number of hydrogen-bond acceptors (Lipinski definition) is 5. The molecule has 0 saturated heterocycles. The Morgan fingerprint density at radius 3 is 1.96 bits per heavy atom. The molecule has 0 radical (unpaired) electrons. The van der Waals surface area contributed by atoms with Crippen LogP contribution in [0.5, 0.6) is 0 Å². The fourth-order valence-electron chi connectivity index (χ4n) is 1.80. The average molecular weight is 356 g/mol. The summed E-state index contributed by atoms with van der Waals surface area (Å²) in [4.78, 5) is 13.1. The first kappa shape index (κ1) is 17.9. The van der Waals surface area contributed by atoms with Gasteiger partial charge in [-0.2, -0.15) is 0 Å². The monoisotopic (exact) mass is 356 g/mol. The van der Waals surface area contributed by atoms with Crippen LogP contribution >= 0.6 is 24.4 Å². The van der Waals surface area contributed by atoms with Gasteiger partial charge in [0.05, 0.1) is 4.92 Å². The summed E-state index contributed by atoms with van der Waals surface area (Å²) >= 11 is 5.55. The molecule has 0 fully saturated rings. The van der Waals surface area contributed by atoms with Crippen molar-refractivity contribution in [2.75, 3.05) is 5.73 Å². The van der Waals surface area contributed by atoms with E-state index in [1.807, 2.05) is 60.7 Å². The summed E-state index contributed by atoms with van der Waals surface area (Å²) in [6.45, 7) is 0. The highest BCUT2D eigenvalue weighted by molar-refractivity contribution is 7.99. The van der Waals surface area contributed by atoms with Crippen molar-refractivity contribution in [2.24, 2.45) is 0 Å². The Morgan fingerprint density at radius 2 is 1.46 bits per heavy atom. The number of nitrogens with two attached hydrogens (primary N) is 1. The molecule has 0 saturated carbocycles. The van der Waals surface area contributed by atoms with Crippen LogP contribution in [0, 0.1) is 10.1 Å². The third kappa shape index (κ3) is 5.64. The van der Waals surface area contributed by atoms with Crippen LogP contribution in [-0.2, 0) is 0 Å². The fourth-order valence-corrected chi connectivity index (χ4v) is 2.84. The lowest BCUT2D eigenvalue weighted by molar-refractivity contribution is -0.384. The normalized spacial score (nSPS) is 9.71. The molecule has 0 aromatic heterocycles. The second-order valence-electron chi connectivity index (χ2n) is 4.73. The van der Waals surface area contributed by atoms with Gasteiger partial charge >= 0.3 is 0 Å². The van der Waals surface area contributed by atoms with Crippen molar-refractivity contribution in [3.8, 4) is 0 Å². The van der Waals surface area contributed by atoms with Gasteiger partial charge in [-0.05, 0) is 36.4 Å². The van der Waals surface area contributed by atoms with Gasteiger partial charge in [0.1, 0.15) is 5.69 Å². The molecule has 24 heavy (non-hydrogen) atoms. The van der Waals surface area contributed by atoms with E-state index >= 15 is 0 Å². The van der Waals surface area contributed by atoms with Crippen molar-refractivity contribution in [2.45, 2.75) is 14.7 Å². The Labute approximate surface area is 150 Å². The van der Waals surface area contributed by atoms with Gasteiger partial charge in [-0.1, -0.05) is 48.2 Å². The number of thiol groups is 1. The second-order valence-corrected chi connectivity index (χ2v) is 6.39. The zero-order chi connectivity index (χ0) is 17.4. The van der Waals surface area contributed by atoms with Crippen LogP contribution in [0.25, 0.3) is 0 Å². The van der Waals surface area contributed by atoms with Gasteiger partial charge in [0, 0.05) is 20.8 Å². The summed E-state index contributed by atoms with van der Waals surface area (Å²) in [6, 6.07) is 24.3. The van der Waals surface area contributed by atoms with Gasteiger partial charge in [0.15, 0.2) is 0 Å². The van der Waals surface area contributed by atoms with Crippen LogP contribution in [0.15, 0.2) is 93.5 Å². The topological polar surface area (TPSA) is 69.2 Å². The Bertz CT molecular complexity index is 797. The highest BCUT2D eigenvalue weighted by atomic mass is 32.2. The second kappa shape index (κ2) is 9.00. The van der Waals surface area contributed by atoms with E-state index in [-0.39, 0.29) is 11.4 Å². The van der Waals surface area contributed by atoms with E-state index in [1.54, 1.807) is 12.1 Å². The molecular formula is C18H16N2O2S2. The molecule has 6 heteroatoms. The summed E-state index contributed by atoms with van der Waals surface area (Å²) in [7, 11) is 0. The predicted molar refractivity (Wildman–Crippen MR) is 102 cm³/mol. The minimum absolute atomic E-state index is 0.0501. The lowest BCUT2D eigenvalue weighted by Crippen LogP contribution is -1.95. The van der Waals surface area contributed by atoms with Crippen LogP contribution in [0.4, 0.5) is 11.4 Å². The SMILES string of the molecule is Nc1ccc(Sc2ccccc2)cc1[N+](=O)[O-].Sc1ccccc1. The van der Waals surface area contributed by atoms with Gasteiger partial charge in [0.2, 0.25) is 0 Å².